The van der Waals surface area contributed by atoms with Crippen molar-refractivity contribution in [3.63, 3.8) is 0 Å². The number of rotatable bonds is 7. The van der Waals surface area contributed by atoms with Gasteiger partial charge in [0.25, 0.3) is 0 Å². The molecule has 0 aliphatic carbocycles. The second-order valence-electron chi connectivity index (χ2n) is 5.48. The Kier molecular flexibility index (Phi) is 6.38. The maximum Gasteiger partial charge on any atom is 0.416 e. The molecule has 2 rings (SSSR count). The summed E-state index contributed by atoms with van der Waals surface area (Å²) < 4.78 is 43.9. The minimum atomic E-state index is -4.53. The third-order valence-corrected chi connectivity index (χ3v) is 3.56. The smallest absolute Gasteiger partial charge is 0.416 e. The molecular formula is C19H18F3NO3. The minimum absolute atomic E-state index is 0.0429. The number of benzene rings is 2. The largest absolute Gasteiger partial charge is 0.492 e. The molecule has 1 N–H and O–H groups in total. The van der Waals surface area contributed by atoms with E-state index in [1.165, 1.54) is 0 Å². The molecule has 0 saturated heterocycles. The highest BCUT2D eigenvalue weighted by Crippen LogP contribution is 2.35. The van der Waals surface area contributed by atoms with Gasteiger partial charge >= 0.3 is 6.18 Å². The van der Waals surface area contributed by atoms with E-state index in [1.54, 1.807) is 37.3 Å². The van der Waals surface area contributed by atoms with Crippen molar-refractivity contribution in [2.45, 2.75) is 25.9 Å². The van der Waals surface area contributed by atoms with Gasteiger partial charge in [0.05, 0.1) is 17.9 Å². The molecule has 0 unspecified atom stereocenters. The zero-order chi connectivity index (χ0) is 19.2. The highest BCUT2D eigenvalue weighted by Gasteiger charge is 2.31. The van der Waals surface area contributed by atoms with Crippen LogP contribution in [0.15, 0.2) is 48.5 Å². The second kappa shape index (κ2) is 8.51. The Morgan fingerprint density at radius 2 is 1.73 bits per heavy atom. The van der Waals surface area contributed by atoms with Gasteiger partial charge in [-0.15, -0.1) is 0 Å². The number of ketones is 1. The van der Waals surface area contributed by atoms with Crippen LogP contribution in [0.25, 0.3) is 0 Å². The number of anilines is 1. The molecule has 0 atom stereocenters. The number of alkyl halides is 3. The van der Waals surface area contributed by atoms with Crippen molar-refractivity contribution in [2.75, 3.05) is 11.9 Å². The van der Waals surface area contributed by atoms with Gasteiger partial charge in [0.2, 0.25) is 5.91 Å². The van der Waals surface area contributed by atoms with E-state index in [0.717, 1.165) is 18.2 Å². The van der Waals surface area contributed by atoms with Gasteiger partial charge in [-0.3, -0.25) is 9.59 Å². The van der Waals surface area contributed by atoms with Crippen molar-refractivity contribution in [2.24, 2.45) is 0 Å². The Labute approximate surface area is 149 Å². The molecule has 0 saturated carbocycles. The lowest BCUT2D eigenvalue weighted by Crippen LogP contribution is -2.15. The van der Waals surface area contributed by atoms with E-state index in [9.17, 15) is 22.8 Å². The van der Waals surface area contributed by atoms with Crippen LogP contribution in [-0.2, 0) is 11.0 Å². The predicted molar refractivity (Wildman–Crippen MR) is 91.2 cm³/mol. The Balaban J connectivity index is 2.06. The second-order valence-corrected chi connectivity index (χ2v) is 5.48. The fraction of sp³-hybridized carbons (Fsp3) is 0.263. The Morgan fingerprint density at radius 3 is 2.35 bits per heavy atom. The maximum atomic E-state index is 12.9. The lowest BCUT2D eigenvalue weighted by atomic mass is 10.1. The Bertz CT molecular complexity index is 773. The summed E-state index contributed by atoms with van der Waals surface area (Å²) in [5.41, 5.74) is -0.482. The maximum absolute atomic E-state index is 12.9. The van der Waals surface area contributed by atoms with Crippen molar-refractivity contribution < 1.29 is 27.5 Å². The summed E-state index contributed by atoms with van der Waals surface area (Å²) in [4.78, 5) is 24.1. The first kappa shape index (κ1) is 19.5. The van der Waals surface area contributed by atoms with Gasteiger partial charge < -0.3 is 10.1 Å². The summed E-state index contributed by atoms with van der Waals surface area (Å²) in [6, 6.07) is 11.3. The van der Waals surface area contributed by atoms with Gasteiger partial charge in [-0.1, -0.05) is 30.3 Å². The summed E-state index contributed by atoms with van der Waals surface area (Å²) in [6.07, 6.45) is -4.72. The molecule has 0 radical (unpaired) electrons. The number of ether oxygens (including phenoxy) is 1. The number of hydrogen-bond donors (Lipinski definition) is 1. The van der Waals surface area contributed by atoms with Gasteiger partial charge in [-0.05, 0) is 25.1 Å². The molecule has 0 aliphatic rings. The number of hydrogen-bond acceptors (Lipinski definition) is 3. The third kappa shape index (κ3) is 5.34. The molecule has 2 aromatic carbocycles. The number of amides is 1. The molecule has 0 aliphatic heterocycles. The van der Waals surface area contributed by atoms with Crippen LogP contribution in [0, 0.1) is 0 Å². The number of carbonyl (C=O) groups excluding carboxylic acids is 2. The van der Waals surface area contributed by atoms with Gasteiger partial charge in [0, 0.05) is 18.4 Å². The van der Waals surface area contributed by atoms with Crippen LogP contribution in [0.4, 0.5) is 18.9 Å². The first-order chi connectivity index (χ1) is 12.3. The topological polar surface area (TPSA) is 55.4 Å². The quantitative estimate of drug-likeness (QED) is 0.723. The lowest BCUT2D eigenvalue weighted by molar-refractivity contribution is -0.137. The molecule has 0 spiro atoms. The van der Waals surface area contributed by atoms with E-state index < -0.39 is 17.6 Å². The van der Waals surface area contributed by atoms with Crippen molar-refractivity contribution in [1.82, 2.24) is 0 Å². The van der Waals surface area contributed by atoms with Crippen LogP contribution in [0.1, 0.15) is 35.7 Å². The van der Waals surface area contributed by atoms with Crippen LogP contribution in [-0.4, -0.2) is 18.3 Å². The van der Waals surface area contributed by atoms with Crippen LogP contribution in [0.2, 0.25) is 0 Å². The number of halogens is 3. The lowest BCUT2D eigenvalue weighted by Gasteiger charge is -2.14. The van der Waals surface area contributed by atoms with Crippen molar-refractivity contribution in [3.05, 3.63) is 59.7 Å². The molecule has 4 nitrogen and oxygen atoms in total. The first-order valence-corrected chi connectivity index (χ1v) is 8.03. The molecule has 1 amide bonds. The van der Waals surface area contributed by atoms with Crippen LogP contribution >= 0.6 is 0 Å². The number of Topliss-reactive ketones (excluding diaryl/α,β-unsaturated/α-hetero) is 1. The summed E-state index contributed by atoms with van der Waals surface area (Å²) >= 11 is 0. The van der Waals surface area contributed by atoms with Crippen molar-refractivity contribution in [3.8, 4) is 5.75 Å². The molecule has 0 heterocycles. The molecule has 26 heavy (non-hydrogen) atoms. The normalized spacial score (nSPS) is 11.1. The van der Waals surface area contributed by atoms with Gasteiger partial charge in [-0.25, -0.2) is 0 Å². The highest BCUT2D eigenvalue weighted by atomic mass is 19.4. The SMILES string of the molecule is CCOc1ccc(C(F)(F)F)cc1NC(=O)CCC(=O)c1ccccc1. The predicted octanol–water partition coefficient (Wildman–Crippen LogP) is 4.71. The van der Waals surface area contributed by atoms with Crippen LogP contribution in [0.3, 0.4) is 0 Å². The molecule has 0 aromatic heterocycles. The van der Waals surface area contributed by atoms with Gasteiger partial charge in [0.1, 0.15) is 5.75 Å². The fourth-order valence-electron chi connectivity index (χ4n) is 2.29. The van der Waals surface area contributed by atoms with Crippen molar-refractivity contribution in [1.29, 1.82) is 0 Å². The monoisotopic (exact) mass is 365 g/mol. The fourth-order valence-corrected chi connectivity index (χ4v) is 2.29. The standard InChI is InChI=1S/C19H18F3NO3/c1-2-26-17-10-8-14(19(20,21)22)12-15(17)23-18(25)11-9-16(24)13-6-4-3-5-7-13/h3-8,10,12H,2,9,11H2,1H3,(H,23,25). The Hall–Kier alpha value is -2.83. The summed E-state index contributed by atoms with van der Waals surface area (Å²) in [5.74, 6) is -0.632. The zero-order valence-corrected chi connectivity index (χ0v) is 14.1. The summed E-state index contributed by atoms with van der Waals surface area (Å²) in [6.45, 7) is 1.92. The average Bonchev–Trinajstić information content (AvgIpc) is 2.61. The van der Waals surface area contributed by atoms with Gasteiger partial charge in [-0.2, -0.15) is 13.2 Å². The zero-order valence-electron chi connectivity index (χ0n) is 14.1. The number of nitrogens with one attached hydrogen (secondary N) is 1. The molecule has 7 heteroatoms. The number of carbonyl (C=O) groups is 2. The Morgan fingerprint density at radius 1 is 1.04 bits per heavy atom. The van der Waals surface area contributed by atoms with Crippen molar-refractivity contribution >= 4 is 17.4 Å². The third-order valence-electron chi connectivity index (χ3n) is 3.56. The molecule has 0 fully saturated rings. The van der Waals surface area contributed by atoms with E-state index in [2.05, 4.69) is 5.32 Å². The van der Waals surface area contributed by atoms with E-state index >= 15 is 0 Å². The molecule has 138 valence electrons. The molecular weight excluding hydrogens is 347 g/mol. The molecule has 0 bridgehead atoms. The van der Waals surface area contributed by atoms with Crippen LogP contribution in [0.5, 0.6) is 5.75 Å². The first-order valence-electron chi connectivity index (χ1n) is 8.03. The van der Waals surface area contributed by atoms with E-state index in [0.29, 0.717) is 5.56 Å². The van der Waals surface area contributed by atoms with Gasteiger partial charge in [0.15, 0.2) is 5.78 Å². The van der Waals surface area contributed by atoms with Crippen LogP contribution < -0.4 is 10.1 Å². The minimum Gasteiger partial charge on any atom is -0.492 e. The van der Waals surface area contributed by atoms with E-state index in [-0.39, 0.29) is 36.7 Å². The molecule has 2 aromatic rings. The highest BCUT2D eigenvalue weighted by molar-refractivity contribution is 6.00. The van der Waals surface area contributed by atoms with E-state index in [4.69, 9.17) is 4.74 Å². The van der Waals surface area contributed by atoms with E-state index in [1.807, 2.05) is 0 Å². The summed E-state index contributed by atoms with van der Waals surface area (Å²) in [7, 11) is 0. The average molecular weight is 365 g/mol. The summed E-state index contributed by atoms with van der Waals surface area (Å²) in [5, 5.41) is 2.40.